The summed E-state index contributed by atoms with van der Waals surface area (Å²) in [6.07, 6.45) is 1.99. The maximum absolute atomic E-state index is 11.9. The van der Waals surface area contributed by atoms with Gasteiger partial charge in [0.2, 0.25) is 0 Å². The molecule has 0 aromatic rings. The minimum atomic E-state index is -0.142. The van der Waals surface area contributed by atoms with E-state index in [1.807, 2.05) is 4.90 Å². The molecule has 1 rings (SSSR count). The van der Waals surface area contributed by atoms with E-state index in [2.05, 4.69) is 33.0 Å². The molecule has 1 amide bonds. The number of rotatable bonds is 5. The Morgan fingerprint density at radius 2 is 2.17 bits per heavy atom. The van der Waals surface area contributed by atoms with E-state index in [-0.39, 0.29) is 6.09 Å². The van der Waals surface area contributed by atoms with E-state index in [4.69, 9.17) is 4.74 Å². The molecule has 106 valence electrons. The third-order valence-corrected chi connectivity index (χ3v) is 3.52. The van der Waals surface area contributed by atoms with Crippen molar-refractivity contribution in [3.63, 3.8) is 0 Å². The van der Waals surface area contributed by atoms with Crippen LogP contribution in [-0.2, 0) is 4.74 Å². The first-order valence-electron chi connectivity index (χ1n) is 7.23. The van der Waals surface area contributed by atoms with Crippen molar-refractivity contribution in [2.75, 3.05) is 26.2 Å². The lowest BCUT2D eigenvalue weighted by molar-refractivity contribution is 0.0677. The number of hydrogen-bond donors (Lipinski definition) is 1. The molecule has 0 aromatic heterocycles. The van der Waals surface area contributed by atoms with Gasteiger partial charge in [-0.1, -0.05) is 34.1 Å². The van der Waals surface area contributed by atoms with Gasteiger partial charge in [-0.15, -0.1) is 0 Å². The van der Waals surface area contributed by atoms with Gasteiger partial charge in [-0.25, -0.2) is 4.79 Å². The van der Waals surface area contributed by atoms with E-state index in [1.54, 1.807) is 0 Å². The predicted molar refractivity (Wildman–Crippen MR) is 73.6 cm³/mol. The van der Waals surface area contributed by atoms with Crippen LogP contribution in [0.3, 0.4) is 0 Å². The fourth-order valence-electron chi connectivity index (χ4n) is 2.47. The zero-order valence-corrected chi connectivity index (χ0v) is 12.2. The Balaban J connectivity index is 2.43. The summed E-state index contributed by atoms with van der Waals surface area (Å²) >= 11 is 0. The molecule has 0 spiro atoms. The molecule has 1 heterocycles. The molecule has 0 saturated carbocycles. The van der Waals surface area contributed by atoms with Gasteiger partial charge in [0.15, 0.2) is 0 Å². The van der Waals surface area contributed by atoms with Crippen LogP contribution in [0.1, 0.15) is 40.5 Å². The van der Waals surface area contributed by atoms with E-state index in [0.29, 0.717) is 24.5 Å². The third kappa shape index (κ3) is 4.48. The molecule has 1 aliphatic heterocycles. The van der Waals surface area contributed by atoms with Gasteiger partial charge in [0.1, 0.15) is 0 Å². The second-order valence-corrected chi connectivity index (χ2v) is 5.54. The van der Waals surface area contributed by atoms with Crippen LogP contribution in [0.25, 0.3) is 0 Å². The molecule has 0 aromatic carbocycles. The molecule has 4 nitrogen and oxygen atoms in total. The Morgan fingerprint density at radius 1 is 1.44 bits per heavy atom. The number of hydrogen-bond acceptors (Lipinski definition) is 3. The zero-order chi connectivity index (χ0) is 13.5. The Kier molecular flexibility index (Phi) is 6.47. The van der Waals surface area contributed by atoms with Crippen LogP contribution in [0.5, 0.6) is 0 Å². The quantitative estimate of drug-likeness (QED) is 0.821. The second kappa shape index (κ2) is 7.62. The molecule has 1 N–H and O–H groups in total. The maximum Gasteiger partial charge on any atom is 0.409 e. The van der Waals surface area contributed by atoms with Crippen molar-refractivity contribution in [2.24, 2.45) is 11.8 Å². The Hall–Kier alpha value is -0.770. The van der Waals surface area contributed by atoms with Crippen molar-refractivity contribution >= 4 is 6.09 Å². The maximum atomic E-state index is 11.9. The highest BCUT2D eigenvalue weighted by Crippen LogP contribution is 2.20. The van der Waals surface area contributed by atoms with Gasteiger partial charge in [-0.2, -0.15) is 0 Å². The molecule has 0 bridgehead atoms. The van der Waals surface area contributed by atoms with Gasteiger partial charge in [0, 0.05) is 19.1 Å². The van der Waals surface area contributed by atoms with Crippen LogP contribution >= 0.6 is 0 Å². The molecular weight excluding hydrogens is 228 g/mol. The van der Waals surface area contributed by atoms with Crippen molar-refractivity contribution in [1.29, 1.82) is 0 Å². The Morgan fingerprint density at radius 3 is 2.72 bits per heavy atom. The number of carbonyl (C=O) groups excluding carboxylic acids is 1. The molecule has 0 aliphatic carbocycles. The highest BCUT2D eigenvalue weighted by Gasteiger charge is 2.30. The summed E-state index contributed by atoms with van der Waals surface area (Å²) in [4.78, 5) is 13.8. The van der Waals surface area contributed by atoms with E-state index in [0.717, 1.165) is 32.5 Å². The SMILES string of the molecule is CCNC1CCN(C(=O)OCC(C)C)CC1CC. The number of likely N-dealkylation sites (tertiary alicyclic amines) is 1. The molecule has 4 heteroatoms. The summed E-state index contributed by atoms with van der Waals surface area (Å²) in [7, 11) is 0. The van der Waals surface area contributed by atoms with Crippen LogP contribution in [0.4, 0.5) is 4.79 Å². The number of nitrogens with zero attached hydrogens (tertiary/aromatic N) is 1. The molecule has 2 atom stereocenters. The zero-order valence-electron chi connectivity index (χ0n) is 12.2. The summed E-state index contributed by atoms with van der Waals surface area (Å²) in [6.45, 7) is 11.6. The minimum Gasteiger partial charge on any atom is -0.449 e. The van der Waals surface area contributed by atoms with Crippen molar-refractivity contribution in [3.05, 3.63) is 0 Å². The topological polar surface area (TPSA) is 41.6 Å². The molecular formula is C14H28N2O2. The van der Waals surface area contributed by atoms with E-state index in [1.165, 1.54) is 0 Å². The number of piperidine rings is 1. The molecule has 1 aliphatic rings. The smallest absolute Gasteiger partial charge is 0.409 e. The monoisotopic (exact) mass is 256 g/mol. The summed E-state index contributed by atoms with van der Waals surface area (Å²) in [5.41, 5.74) is 0. The standard InChI is InChI=1S/C14H28N2O2/c1-5-12-9-16(8-7-13(12)15-6-2)14(17)18-10-11(3)4/h11-13,15H,5-10H2,1-4H3. The number of ether oxygens (including phenoxy) is 1. The van der Waals surface area contributed by atoms with Gasteiger partial charge < -0.3 is 15.0 Å². The fraction of sp³-hybridized carbons (Fsp3) is 0.929. The number of carbonyl (C=O) groups is 1. The largest absolute Gasteiger partial charge is 0.449 e. The molecule has 18 heavy (non-hydrogen) atoms. The summed E-state index contributed by atoms with van der Waals surface area (Å²) in [6, 6.07) is 0.550. The van der Waals surface area contributed by atoms with E-state index < -0.39 is 0 Å². The van der Waals surface area contributed by atoms with Crippen LogP contribution in [0.2, 0.25) is 0 Å². The lowest BCUT2D eigenvalue weighted by Crippen LogP contribution is -2.51. The van der Waals surface area contributed by atoms with Crippen molar-refractivity contribution in [1.82, 2.24) is 10.2 Å². The Labute approximate surface area is 111 Å². The first-order chi connectivity index (χ1) is 8.58. The Bertz CT molecular complexity index is 256. The third-order valence-electron chi connectivity index (χ3n) is 3.52. The van der Waals surface area contributed by atoms with Crippen molar-refractivity contribution in [3.8, 4) is 0 Å². The predicted octanol–water partition coefficient (Wildman–Crippen LogP) is 2.49. The fourth-order valence-corrected chi connectivity index (χ4v) is 2.47. The number of nitrogens with one attached hydrogen (secondary N) is 1. The lowest BCUT2D eigenvalue weighted by atomic mass is 9.90. The second-order valence-electron chi connectivity index (χ2n) is 5.54. The summed E-state index contributed by atoms with van der Waals surface area (Å²) in [5, 5.41) is 3.52. The normalized spacial score (nSPS) is 24.4. The van der Waals surface area contributed by atoms with Crippen LogP contribution < -0.4 is 5.32 Å². The lowest BCUT2D eigenvalue weighted by Gasteiger charge is -2.38. The molecule has 1 saturated heterocycles. The average molecular weight is 256 g/mol. The van der Waals surface area contributed by atoms with Gasteiger partial charge in [-0.3, -0.25) is 0 Å². The van der Waals surface area contributed by atoms with E-state index >= 15 is 0 Å². The minimum absolute atomic E-state index is 0.142. The van der Waals surface area contributed by atoms with Crippen LogP contribution in [0.15, 0.2) is 0 Å². The molecule has 1 fully saturated rings. The van der Waals surface area contributed by atoms with Crippen LogP contribution in [-0.4, -0.2) is 43.3 Å². The number of amides is 1. The summed E-state index contributed by atoms with van der Waals surface area (Å²) < 4.78 is 5.30. The average Bonchev–Trinajstić information content (AvgIpc) is 2.36. The van der Waals surface area contributed by atoms with E-state index in [9.17, 15) is 4.79 Å². The van der Waals surface area contributed by atoms with Gasteiger partial charge in [-0.05, 0) is 24.8 Å². The summed E-state index contributed by atoms with van der Waals surface area (Å²) in [5.74, 6) is 0.945. The highest BCUT2D eigenvalue weighted by molar-refractivity contribution is 5.67. The molecule has 0 radical (unpaired) electrons. The van der Waals surface area contributed by atoms with Gasteiger partial charge in [0.25, 0.3) is 0 Å². The van der Waals surface area contributed by atoms with Crippen LogP contribution in [0, 0.1) is 11.8 Å². The van der Waals surface area contributed by atoms with Crippen molar-refractivity contribution in [2.45, 2.75) is 46.6 Å². The van der Waals surface area contributed by atoms with Gasteiger partial charge >= 0.3 is 6.09 Å². The molecule has 2 unspecified atom stereocenters. The van der Waals surface area contributed by atoms with Gasteiger partial charge in [0.05, 0.1) is 6.61 Å². The highest BCUT2D eigenvalue weighted by atomic mass is 16.6. The first-order valence-corrected chi connectivity index (χ1v) is 7.23. The van der Waals surface area contributed by atoms with Crippen molar-refractivity contribution < 1.29 is 9.53 Å². The first kappa shape index (κ1) is 15.3.